The van der Waals surface area contributed by atoms with Crippen LogP contribution in [0.5, 0.6) is 11.5 Å². The Kier molecular flexibility index (Phi) is 5.40. The lowest BCUT2D eigenvalue weighted by atomic mass is 10.2. The maximum Gasteiger partial charge on any atom is 0.227 e. The second-order valence-corrected chi connectivity index (χ2v) is 6.01. The second kappa shape index (κ2) is 7.90. The van der Waals surface area contributed by atoms with Gasteiger partial charge in [0.15, 0.2) is 0 Å². The molecule has 2 aromatic rings. The van der Waals surface area contributed by atoms with Crippen molar-refractivity contribution in [1.29, 1.82) is 0 Å². The molecule has 1 aromatic carbocycles. The van der Waals surface area contributed by atoms with Crippen LogP contribution in [0.15, 0.2) is 24.3 Å². The van der Waals surface area contributed by atoms with E-state index in [0.29, 0.717) is 43.7 Å². The van der Waals surface area contributed by atoms with Gasteiger partial charge in [-0.2, -0.15) is 4.98 Å². The lowest BCUT2D eigenvalue weighted by Crippen LogP contribution is -2.46. The summed E-state index contributed by atoms with van der Waals surface area (Å²) in [4.78, 5) is 23.9. The zero-order valence-electron chi connectivity index (χ0n) is 15.2. The molecule has 3 rings (SSSR count). The molecule has 0 saturated carbocycles. The Morgan fingerprint density at radius 2 is 1.85 bits per heavy atom. The van der Waals surface area contributed by atoms with Gasteiger partial charge in [0, 0.05) is 44.0 Å². The van der Waals surface area contributed by atoms with E-state index in [1.165, 1.54) is 0 Å². The monoisotopic (exact) mass is 357 g/mol. The smallest absolute Gasteiger partial charge is 0.227 e. The van der Waals surface area contributed by atoms with Gasteiger partial charge >= 0.3 is 0 Å². The molecule has 0 unspecified atom stereocenters. The highest BCUT2D eigenvalue weighted by atomic mass is 16.5. The summed E-state index contributed by atoms with van der Waals surface area (Å²) in [6.45, 7) is 4.72. The summed E-state index contributed by atoms with van der Waals surface area (Å²) in [5.74, 6) is 2.74. The van der Waals surface area contributed by atoms with Gasteiger partial charge in [-0.3, -0.25) is 4.79 Å². The van der Waals surface area contributed by atoms with Crippen LogP contribution in [-0.2, 0) is 4.79 Å². The average Bonchev–Trinajstić information content (AvgIpc) is 2.68. The summed E-state index contributed by atoms with van der Waals surface area (Å²) >= 11 is 0. The maximum absolute atomic E-state index is 10.9. The van der Waals surface area contributed by atoms with Gasteiger partial charge in [0.25, 0.3) is 0 Å². The highest BCUT2D eigenvalue weighted by Crippen LogP contribution is 2.31. The molecule has 0 radical (unpaired) electrons. The third-order valence-electron chi connectivity index (χ3n) is 4.26. The van der Waals surface area contributed by atoms with Gasteiger partial charge in [-0.05, 0) is 19.1 Å². The van der Waals surface area contributed by atoms with Crippen LogP contribution in [0.4, 0.5) is 17.5 Å². The van der Waals surface area contributed by atoms with Crippen molar-refractivity contribution in [1.82, 2.24) is 14.9 Å². The lowest BCUT2D eigenvalue weighted by Gasteiger charge is -2.32. The fourth-order valence-electron chi connectivity index (χ4n) is 2.83. The topological polar surface area (TPSA) is 79.8 Å². The molecule has 8 heteroatoms. The van der Waals surface area contributed by atoms with Crippen molar-refractivity contribution < 1.29 is 14.3 Å². The molecule has 1 aromatic heterocycles. The van der Waals surface area contributed by atoms with E-state index in [2.05, 4.69) is 20.2 Å². The Hall–Kier alpha value is -3.03. The van der Waals surface area contributed by atoms with E-state index in [-0.39, 0.29) is 0 Å². The minimum absolute atomic E-state index is 0.658. The van der Waals surface area contributed by atoms with Crippen LogP contribution in [0.1, 0.15) is 5.69 Å². The van der Waals surface area contributed by atoms with E-state index in [9.17, 15) is 4.79 Å². The molecule has 138 valence electrons. The van der Waals surface area contributed by atoms with E-state index >= 15 is 0 Å². The summed E-state index contributed by atoms with van der Waals surface area (Å²) in [5, 5.41) is 3.29. The fraction of sp³-hybridized carbons (Fsp3) is 0.389. The van der Waals surface area contributed by atoms with Crippen molar-refractivity contribution in [3.05, 3.63) is 30.0 Å². The minimum atomic E-state index is 0.658. The van der Waals surface area contributed by atoms with Gasteiger partial charge in [0.2, 0.25) is 12.4 Å². The number of benzene rings is 1. The third-order valence-corrected chi connectivity index (χ3v) is 4.26. The zero-order chi connectivity index (χ0) is 18.5. The van der Waals surface area contributed by atoms with Crippen molar-refractivity contribution in [2.24, 2.45) is 0 Å². The Morgan fingerprint density at radius 3 is 2.50 bits per heavy atom. The molecule has 1 amide bonds. The van der Waals surface area contributed by atoms with E-state index in [0.717, 1.165) is 23.5 Å². The number of carbonyl (C=O) groups excluding carboxylic acids is 1. The first kappa shape index (κ1) is 17.8. The maximum atomic E-state index is 10.9. The molecule has 1 aliphatic heterocycles. The van der Waals surface area contributed by atoms with E-state index in [4.69, 9.17) is 9.47 Å². The molecule has 8 nitrogen and oxygen atoms in total. The van der Waals surface area contributed by atoms with Gasteiger partial charge in [0.05, 0.1) is 19.9 Å². The highest BCUT2D eigenvalue weighted by Gasteiger charge is 2.19. The van der Waals surface area contributed by atoms with Gasteiger partial charge in [-0.1, -0.05) is 0 Å². The normalized spacial score (nSPS) is 14.1. The Labute approximate surface area is 152 Å². The quantitative estimate of drug-likeness (QED) is 0.790. The molecular weight excluding hydrogens is 334 g/mol. The standard InChI is InChI=1S/C18H23N5O3/c1-13-10-17(20-15-5-4-14(25-2)11-16(15)26-3)21-18(19-13)23-8-6-22(12-24)7-9-23/h4-5,10-12H,6-9H2,1-3H3,(H,19,20,21). The molecule has 26 heavy (non-hydrogen) atoms. The predicted molar refractivity (Wildman–Crippen MR) is 99.4 cm³/mol. The van der Waals surface area contributed by atoms with Gasteiger partial charge in [0.1, 0.15) is 17.3 Å². The Bertz CT molecular complexity index is 775. The first-order valence-electron chi connectivity index (χ1n) is 8.42. The lowest BCUT2D eigenvalue weighted by molar-refractivity contribution is -0.118. The number of ether oxygens (including phenoxy) is 2. The molecule has 1 N–H and O–H groups in total. The molecular formula is C18H23N5O3. The first-order chi connectivity index (χ1) is 12.6. The summed E-state index contributed by atoms with van der Waals surface area (Å²) in [5.41, 5.74) is 1.66. The van der Waals surface area contributed by atoms with Gasteiger partial charge < -0.3 is 24.6 Å². The number of nitrogens with zero attached hydrogens (tertiary/aromatic N) is 4. The van der Waals surface area contributed by atoms with Crippen LogP contribution < -0.4 is 19.7 Å². The zero-order valence-corrected chi connectivity index (χ0v) is 15.2. The van der Waals surface area contributed by atoms with Crippen molar-refractivity contribution >= 4 is 23.9 Å². The van der Waals surface area contributed by atoms with Crippen LogP contribution in [-0.4, -0.2) is 61.7 Å². The van der Waals surface area contributed by atoms with E-state index in [1.807, 2.05) is 31.2 Å². The van der Waals surface area contributed by atoms with Crippen LogP contribution in [0, 0.1) is 6.92 Å². The molecule has 0 aliphatic carbocycles. The molecule has 0 atom stereocenters. The van der Waals surface area contributed by atoms with Gasteiger partial charge in [-0.15, -0.1) is 0 Å². The van der Waals surface area contributed by atoms with Crippen molar-refractivity contribution in [3.8, 4) is 11.5 Å². The molecule has 0 spiro atoms. The molecule has 0 bridgehead atoms. The van der Waals surface area contributed by atoms with Crippen molar-refractivity contribution in [2.45, 2.75) is 6.92 Å². The van der Waals surface area contributed by atoms with E-state index in [1.54, 1.807) is 19.1 Å². The average molecular weight is 357 g/mol. The Morgan fingerprint density at radius 1 is 1.08 bits per heavy atom. The van der Waals surface area contributed by atoms with Crippen LogP contribution >= 0.6 is 0 Å². The van der Waals surface area contributed by atoms with Gasteiger partial charge in [-0.25, -0.2) is 4.98 Å². The summed E-state index contributed by atoms with van der Waals surface area (Å²) in [6, 6.07) is 7.45. The number of amides is 1. The van der Waals surface area contributed by atoms with Crippen LogP contribution in [0.2, 0.25) is 0 Å². The van der Waals surface area contributed by atoms with Crippen molar-refractivity contribution in [3.63, 3.8) is 0 Å². The number of carbonyl (C=O) groups is 1. The number of rotatable bonds is 6. The predicted octanol–water partition coefficient (Wildman–Crippen LogP) is 1.82. The summed E-state index contributed by atoms with van der Waals surface area (Å²) in [6.07, 6.45) is 0.886. The number of aryl methyl sites for hydroxylation is 1. The third kappa shape index (κ3) is 3.96. The molecule has 1 fully saturated rings. The molecule has 1 saturated heterocycles. The number of hydrogen-bond donors (Lipinski definition) is 1. The summed E-state index contributed by atoms with van der Waals surface area (Å²) < 4.78 is 10.7. The highest BCUT2D eigenvalue weighted by molar-refractivity contribution is 5.66. The number of methoxy groups -OCH3 is 2. The number of anilines is 3. The van der Waals surface area contributed by atoms with Crippen LogP contribution in [0.3, 0.4) is 0 Å². The number of aromatic nitrogens is 2. The second-order valence-electron chi connectivity index (χ2n) is 6.01. The van der Waals surface area contributed by atoms with E-state index < -0.39 is 0 Å². The molecule has 2 heterocycles. The minimum Gasteiger partial charge on any atom is -0.497 e. The number of hydrogen-bond acceptors (Lipinski definition) is 7. The molecule has 1 aliphatic rings. The van der Waals surface area contributed by atoms with Crippen LogP contribution in [0.25, 0.3) is 0 Å². The van der Waals surface area contributed by atoms with Crippen molar-refractivity contribution in [2.75, 3.05) is 50.6 Å². The summed E-state index contributed by atoms with van der Waals surface area (Å²) in [7, 11) is 3.23. The first-order valence-corrected chi connectivity index (χ1v) is 8.42. The SMILES string of the molecule is COc1ccc(Nc2cc(C)nc(N3CCN(C=O)CC3)n2)c(OC)c1. The Balaban J connectivity index is 1.81. The number of nitrogens with one attached hydrogen (secondary N) is 1. The number of piperazine rings is 1. The fourth-order valence-corrected chi connectivity index (χ4v) is 2.83. The largest absolute Gasteiger partial charge is 0.497 e.